The summed E-state index contributed by atoms with van der Waals surface area (Å²) in [6, 6.07) is 7.14. The molecule has 2 amide bonds. The van der Waals surface area contributed by atoms with E-state index in [1.54, 1.807) is 17.0 Å². The van der Waals surface area contributed by atoms with Crippen LogP contribution in [0.5, 0.6) is 0 Å². The molecule has 1 aliphatic heterocycles. The van der Waals surface area contributed by atoms with Crippen molar-refractivity contribution < 1.29 is 19.1 Å². The summed E-state index contributed by atoms with van der Waals surface area (Å²) < 4.78 is 6.05. The first kappa shape index (κ1) is 20.4. The van der Waals surface area contributed by atoms with Gasteiger partial charge in [-0.2, -0.15) is 0 Å². The quantitative estimate of drug-likeness (QED) is 0.752. The van der Waals surface area contributed by atoms with Crippen molar-refractivity contribution in [1.82, 2.24) is 4.90 Å². The topological polar surface area (TPSA) is 75.7 Å². The molecule has 1 saturated heterocycles. The van der Waals surface area contributed by atoms with Gasteiger partial charge in [-0.15, -0.1) is 0 Å². The van der Waals surface area contributed by atoms with Crippen molar-refractivity contribution in [3.63, 3.8) is 0 Å². The van der Waals surface area contributed by atoms with Crippen LogP contribution in [0.25, 0.3) is 0 Å². The third-order valence-electron chi connectivity index (χ3n) is 4.23. The van der Waals surface area contributed by atoms with Gasteiger partial charge in [-0.25, -0.2) is 0 Å². The molecule has 0 bridgehead atoms. The van der Waals surface area contributed by atoms with E-state index in [-0.39, 0.29) is 30.3 Å². The number of hydrogen-bond donors (Lipinski definition) is 1. The molecular weight excluding hydrogens is 400 g/mol. The van der Waals surface area contributed by atoms with Gasteiger partial charge in [0.25, 0.3) is 5.91 Å². The highest BCUT2D eigenvalue weighted by atomic mass is 79.9. The molecule has 142 valence electrons. The molecule has 7 heteroatoms. The van der Waals surface area contributed by atoms with Gasteiger partial charge < -0.3 is 15.0 Å². The summed E-state index contributed by atoms with van der Waals surface area (Å²) in [6.45, 7) is 6.44. The predicted molar refractivity (Wildman–Crippen MR) is 102 cm³/mol. The normalized spacial score (nSPS) is 15.5. The molecular formula is C19H25BrN2O4. The number of halogens is 1. The number of anilines is 1. The fourth-order valence-corrected chi connectivity index (χ4v) is 3.04. The predicted octanol–water partition coefficient (Wildman–Crippen LogP) is 3.22. The van der Waals surface area contributed by atoms with Gasteiger partial charge in [-0.1, -0.05) is 36.7 Å². The van der Waals surface area contributed by atoms with Gasteiger partial charge in [0.15, 0.2) is 6.61 Å². The van der Waals surface area contributed by atoms with Crippen molar-refractivity contribution in [1.29, 1.82) is 0 Å². The van der Waals surface area contributed by atoms with E-state index in [1.165, 1.54) is 0 Å². The molecule has 0 spiro atoms. The van der Waals surface area contributed by atoms with Crippen LogP contribution in [0.1, 0.15) is 33.6 Å². The van der Waals surface area contributed by atoms with Gasteiger partial charge in [0.05, 0.1) is 5.92 Å². The van der Waals surface area contributed by atoms with Crippen molar-refractivity contribution in [2.24, 2.45) is 11.3 Å². The lowest BCUT2D eigenvalue weighted by Gasteiger charge is -2.34. The van der Waals surface area contributed by atoms with E-state index >= 15 is 0 Å². The maximum atomic E-state index is 12.3. The van der Waals surface area contributed by atoms with E-state index in [0.29, 0.717) is 31.6 Å². The molecule has 0 unspecified atom stereocenters. The first-order chi connectivity index (χ1) is 12.2. The molecule has 0 radical (unpaired) electrons. The number of rotatable bonds is 4. The summed E-state index contributed by atoms with van der Waals surface area (Å²) in [7, 11) is 0. The maximum Gasteiger partial charge on any atom is 0.309 e. The van der Waals surface area contributed by atoms with Crippen LogP contribution in [0.15, 0.2) is 28.7 Å². The van der Waals surface area contributed by atoms with E-state index in [9.17, 15) is 14.4 Å². The van der Waals surface area contributed by atoms with Crippen LogP contribution < -0.4 is 5.32 Å². The summed E-state index contributed by atoms with van der Waals surface area (Å²) in [5, 5.41) is 2.68. The van der Waals surface area contributed by atoms with Crippen LogP contribution in [-0.2, 0) is 19.1 Å². The Morgan fingerprint density at radius 3 is 2.27 bits per heavy atom. The second-order valence-electron chi connectivity index (χ2n) is 7.48. The molecule has 1 aliphatic rings. The molecule has 0 aliphatic carbocycles. The number of carbonyl (C=O) groups is 3. The van der Waals surface area contributed by atoms with Crippen LogP contribution in [-0.4, -0.2) is 42.4 Å². The summed E-state index contributed by atoms with van der Waals surface area (Å²) in [4.78, 5) is 38.1. The largest absolute Gasteiger partial charge is 0.455 e. The zero-order chi connectivity index (χ0) is 19.3. The Hall–Kier alpha value is -1.89. The maximum absolute atomic E-state index is 12.3. The summed E-state index contributed by atoms with van der Waals surface area (Å²) >= 11 is 3.32. The standard InChI is InChI=1S/C19H25BrN2O4/c1-19(2,3)18(25)22-10-8-13(9-11-22)17(24)26-12-16(23)21-15-6-4-14(20)5-7-15/h4-7,13H,8-12H2,1-3H3,(H,21,23). The first-order valence-corrected chi connectivity index (χ1v) is 9.47. The minimum atomic E-state index is -0.418. The molecule has 2 rings (SSSR count). The highest BCUT2D eigenvalue weighted by molar-refractivity contribution is 9.10. The third kappa shape index (κ3) is 5.83. The average Bonchev–Trinajstić information content (AvgIpc) is 2.60. The van der Waals surface area contributed by atoms with Gasteiger partial charge in [-0.3, -0.25) is 14.4 Å². The van der Waals surface area contributed by atoms with Gasteiger partial charge in [0, 0.05) is 28.7 Å². The number of nitrogens with zero attached hydrogens (tertiary/aromatic N) is 1. The Bertz CT molecular complexity index is 659. The lowest BCUT2D eigenvalue weighted by Crippen LogP contribution is -2.45. The second kappa shape index (κ2) is 8.66. The molecule has 1 N–H and O–H groups in total. The summed E-state index contributed by atoms with van der Waals surface area (Å²) in [6.07, 6.45) is 1.13. The van der Waals surface area contributed by atoms with E-state index in [1.807, 2.05) is 32.9 Å². The molecule has 0 atom stereocenters. The fraction of sp³-hybridized carbons (Fsp3) is 0.526. The van der Waals surface area contributed by atoms with Crippen LogP contribution in [0, 0.1) is 11.3 Å². The SMILES string of the molecule is CC(C)(C)C(=O)N1CCC(C(=O)OCC(=O)Nc2ccc(Br)cc2)CC1. The van der Waals surface area contributed by atoms with Crippen LogP contribution >= 0.6 is 15.9 Å². The Morgan fingerprint density at radius 2 is 1.73 bits per heavy atom. The number of ether oxygens (including phenoxy) is 1. The lowest BCUT2D eigenvalue weighted by atomic mass is 9.91. The smallest absolute Gasteiger partial charge is 0.309 e. The van der Waals surface area contributed by atoms with Crippen LogP contribution in [0.4, 0.5) is 5.69 Å². The van der Waals surface area contributed by atoms with Gasteiger partial charge in [0.2, 0.25) is 5.91 Å². The first-order valence-electron chi connectivity index (χ1n) is 8.68. The molecule has 6 nitrogen and oxygen atoms in total. The summed E-state index contributed by atoms with van der Waals surface area (Å²) in [5.74, 6) is -0.919. The highest BCUT2D eigenvalue weighted by Crippen LogP contribution is 2.24. The van der Waals surface area contributed by atoms with E-state index in [0.717, 1.165) is 4.47 Å². The molecule has 1 fully saturated rings. The van der Waals surface area contributed by atoms with Crippen molar-refractivity contribution in [2.75, 3.05) is 25.0 Å². The number of piperidine rings is 1. The molecule has 26 heavy (non-hydrogen) atoms. The minimum Gasteiger partial charge on any atom is -0.455 e. The highest BCUT2D eigenvalue weighted by Gasteiger charge is 2.33. The Kier molecular flexibility index (Phi) is 6.81. The fourth-order valence-electron chi connectivity index (χ4n) is 2.78. The lowest BCUT2D eigenvalue weighted by molar-refractivity contribution is -0.155. The average molecular weight is 425 g/mol. The minimum absolute atomic E-state index is 0.0955. The zero-order valence-electron chi connectivity index (χ0n) is 15.4. The van der Waals surface area contributed by atoms with Gasteiger partial charge >= 0.3 is 5.97 Å². The second-order valence-corrected chi connectivity index (χ2v) is 8.39. The van der Waals surface area contributed by atoms with Gasteiger partial charge in [-0.05, 0) is 37.1 Å². The van der Waals surface area contributed by atoms with E-state index in [2.05, 4.69) is 21.2 Å². The number of benzene rings is 1. The molecule has 1 aromatic rings. The number of esters is 1. The Balaban J connectivity index is 1.74. The Morgan fingerprint density at radius 1 is 1.15 bits per heavy atom. The van der Waals surface area contributed by atoms with E-state index < -0.39 is 5.41 Å². The zero-order valence-corrected chi connectivity index (χ0v) is 17.0. The van der Waals surface area contributed by atoms with Crippen molar-refractivity contribution >= 4 is 39.4 Å². The van der Waals surface area contributed by atoms with Gasteiger partial charge in [0.1, 0.15) is 0 Å². The molecule has 0 aromatic heterocycles. The number of nitrogens with one attached hydrogen (secondary N) is 1. The summed E-state index contributed by atoms with van der Waals surface area (Å²) in [5.41, 5.74) is 0.224. The molecule has 1 heterocycles. The van der Waals surface area contributed by atoms with Crippen LogP contribution in [0.3, 0.4) is 0 Å². The van der Waals surface area contributed by atoms with Crippen molar-refractivity contribution in [3.05, 3.63) is 28.7 Å². The molecule has 1 aromatic carbocycles. The molecule has 0 saturated carbocycles. The van der Waals surface area contributed by atoms with Crippen molar-refractivity contribution in [2.45, 2.75) is 33.6 Å². The van der Waals surface area contributed by atoms with Crippen molar-refractivity contribution in [3.8, 4) is 0 Å². The number of likely N-dealkylation sites (tertiary alicyclic amines) is 1. The number of amides is 2. The Labute approximate surface area is 162 Å². The van der Waals surface area contributed by atoms with E-state index in [4.69, 9.17) is 4.74 Å². The number of hydrogen-bond acceptors (Lipinski definition) is 4. The monoisotopic (exact) mass is 424 g/mol. The van der Waals surface area contributed by atoms with Crippen LogP contribution in [0.2, 0.25) is 0 Å². The third-order valence-corrected chi connectivity index (χ3v) is 4.76. The number of carbonyl (C=O) groups excluding carboxylic acids is 3.